The Kier molecular flexibility index (Phi) is 4.81. The quantitative estimate of drug-likeness (QED) is 0.770. The summed E-state index contributed by atoms with van der Waals surface area (Å²) >= 11 is 5.98. The first-order valence-corrected chi connectivity index (χ1v) is 8.08. The van der Waals surface area contributed by atoms with E-state index >= 15 is 0 Å². The van der Waals surface area contributed by atoms with E-state index in [1.54, 1.807) is 31.2 Å². The van der Waals surface area contributed by atoms with Crippen LogP contribution in [0.4, 0.5) is 4.39 Å². The van der Waals surface area contributed by atoms with E-state index in [9.17, 15) is 9.18 Å². The van der Waals surface area contributed by atoms with Gasteiger partial charge in [-0.15, -0.1) is 5.10 Å². The van der Waals surface area contributed by atoms with Crippen LogP contribution in [0.5, 0.6) is 0 Å². The third-order valence-electron chi connectivity index (χ3n) is 3.74. The van der Waals surface area contributed by atoms with E-state index in [0.29, 0.717) is 16.5 Å². The molecule has 3 rings (SSSR count). The molecule has 0 aliphatic heterocycles. The van der Waals surface area contributed by atoms with Crippen LogP contribution in [0.15, 0.2) is 48.5 Å². The van der Waals surface area contributed by atoms with E-state index in [2.05, 4.69) is 15.4 Å². The predicted molar refractivity (Wildman–Crippen MR) is 93.4 cm³/mol. The Hall–Kier alpha value is -2.73. The number of aryl methyl sites for hydroxylation is 1. The van der Waals surface area contributed by atoms with Gasteiger partial charge in [0.1, 0.15) is 11.6 Å². The van der Waals surface area contributed by atoms with Crippen LogP contribution in [0.2, 0.25) is 5.02 Å². The lowest BCUT2D eigenvalue weighted by atomic mass is 10.1. The Morgan fingerprint density at radius 1 is 1.24 bits per heavy atom. The van der Waals surface area contributed by atoms with Crippen LogP contribution in [0.25, 0.3) is 5.69 Å². The normalized spacial score (nSPS) is 12.0. The summed E-state index contributed by atoms with van der Waals surface area (Å²) in [6, 6.07) is 12.8. The van der Waals surface area contributed by atoms with E-state index in [-0.39, 0.29) is 17.7 Å². The number of nitrogens with zero attached hydrogens (tertiary/aromatic N) is 3. The minimum Gasteiger partial charge on any atom is -0.343 e. The molecular formula is C18H16ClFN4O. The van der Waals surface area contributed by atoms with Gasteiger partial charge in [-0.2, -0.15) is 0 Å². The van der Waals surface area contributed by atoms with Crippen LogP contribution in [0.3, 0.4) is 0 Å². The molecule has 5 nitrogen and oxygen atoms in total. The molecule has 0 fully saturated rings. The number of carbonyl (C=O) groups is 1. The van der Waals surface area contributed by atoms with Gasteiger partial charge in [0.05, 0.1) is 11.7 Å². The number of hydrogen-bond donors (Lipinski definition) is 1. The van der Waals surface area contributed by atoms with Gasteiger partial charge in [-0.05, 0) is 55.8 Å². The first-order valence-electron chi connectivity index (χ1n) is 7.70. The van der Waals surface area contributed by atoms with Gasteiger partial charge in [0.25, 0.3) is 5.91 Å². The van der Waals surface area contributed by atoms with Crippen molar-refractivity contribution in [1.29, 1.82) is 0 Å². The Labute approximate surface area is 149 Å². The largest absolute Gasteiger partial charge is 0.343 e. The van der Waals surface area contributed by atoms with Crippen molar-refractivity contribution in [2.75, 3.05) is 0 Å². The minimum absolute atomic E-state index is 0.0516. The summed E-state index contributed by atoms with van der Waals surface area (Å²) in [7, 11) is 0. The topological polar surface area (TPSA) is 59.8 Å². The van der Waals surface area contributed by atoms with Crippen molar-refractivity contribution in [3.63, 3.8) is 0 Å². The number of hydrogen-bond acceptors (Lipinski definition) is 3. The molecule has 1 atom stereocenters. The molecule has 3 aromatic rings. The van der Waals surface area contributed by atoms with Crippen LogP contribution in [0, 0.1) is 12.7 Å². The summed E-state index contributed by atoms with van der Waals surface area (Å²) in [6.07, 6.45) is 0. The van der Waals surface area contributed by atoms with Gasteiger partial charge in [-0.25, -0.2) is 14.1 Å². The Morgan fingerprint density at radius 2 is 1.96 bits per heavy atom. The molecule has 1 heterocycles. The number of benzene rings is 2. The molecule has 0 aliphatic rings. The molecule has 0 bridgehead atoms. The molecule has 0 spiro atoms. The highest BCUT2D eigenvalue weighted by Gasteiger charge is 2.18. The summed E-state index contributed by atoms with van der Waals surface area (Å²) in [5.41, 5.74) is 1.52. The van der Waals surface area contributed by atoms with Gasteiger partial charge in [-0.1, -0.05) is 23.7 Å². The zero-order valence-corrected chi connectivity index (χ0v) is 14.5. The molecule has 1 amide bonds. The number of rotatable bonds is 4. The molecule has 0 saturated carbocycles. The third kappa shape index (κ3) is 3.85. The molecule has 1 aromatic heterocycles. The maximum absolute atomic E-state index is 13.1. The van der Waals surface area contributed by atoms with E-state index in [1.165, 1.54) is 16.8 Å². The van der Waals surface area contributed by atoms with Crippen LogP contribution < -0.4 is 5.32 Å². The number of carbonyl (C=O) groups excluding carboxylic acids is 1. The molecular weight excluding hydrogens is 343 g/mol. The highest BCUT2D eigenvalue weighted by molar-refractivity contribution is 6.30. The molecule has 0 aliphatic carbocycles. The van der Waals surface area contributed by atoms with Crippen molar-refractivity contribution in [2.45, 2.75) is 19.9 Å². The zero-order valence-electron chi connectivity index (χ0n) is 13.7. The monoisotopic (exact) mass is 358 g/mol. The Bertz CT molecular complexity index is 908. The maximum atomic E-state index is 13.1. The second kappa shape index (κ2) is 7.03. The summed E-state index contributed by atoms with van der Waals surface area (Å²) in [5, 5.41) is 7.67. The van der Waals surface area contributed by atoms with Crippen LogP contribution >= 0.6 is 11.6 Å². The first-order chi connectivity index (χ1) is 11.9. The lowest BCUT2D eigenvalue weighted by Crippen LogP contribution is -2.27. The van der Waals surface area contributed by atoms with Gasteiger partial charge in [0, 0.05) is 5.02 Å². The standard InChI is InChI=1S/C18H16ClFN4O/c1-11(13-4-3-5-14(19)10-13)21-18(25)17-22-12(2)24(23-17)16-8-6-15(20)7-9-16/h3-11H,1-2H3,(H,21,25)/t11-/m0/s1. The molecule has 0 saturated heterocycles. The molecule has 0 radical (unpaired) electrons. The molecule has 128 valence electrons. The SMILES string of the molecule is Cc1nc(C(=O)N[C@@H](C)c2cccc(Cl)c2)nn1-c1ccc(F)cc1. The minimum atomic E-state index is -0.392. The zero-order chi connectivity index (χ0) is 18.0. The lowest BCUT2D eigenvalue weighted by Gasteiger charge is -2.13. The van der Waals surface area contributed by atoms with Crippen molar-refractivity contribution in [1.82, 2.24) is 20.1 Å². The van der Waals surface area contributed by atoms with Crippen LogP contribution in [-0.4, -0.2) is 20.7 Å². The highest BCUT2D eigenvalue weighted by Crippen LogP contribution is 2.18. The van der Waals surface area contributed by atoms with E-state index < -0.39 is 5.91 Å². The average Bonchev–Trinajstić information content (AvgIpc) is 2.97. The van der Waals surface area contributed by atoms with E-state index in [1.807, 2.05) is 19.1 Å². The fourth-order valence-electron chi connectivity index (χ4n) is 2.43. The highest BCUT2D eigenvalue weighted by atomic mass is 35.5. The molecule has 0 unspecified atom stereocenters. The van der Waals surface area contributed by atoms with Crippen LogP contribution in [0.1, 0.15) is 35.0 Å². The molecule has 7 heteroatoms. The summed E-state index contributed by atoms with van der Waals surface area (Å²) in [6.45, 7) is 3.58. The molecule has 2 aromatic carbocycles. The van der Waals surface area contributed by atoms with Crippen molar-refractivity contribution in [3.8, 4) is 5.69 Å². The van der Waals surface area contributed by atoms with Crippen molar-refractivity contribution in [3.05, 3.63) is 76.6 Å². The first kappa shape index (κ1) is 17.1. The number of nitrogens with one attached hydrogen (secondary N) is 1. The lowest BCUT2D eigenvalue weighted by molar-refractivity contribution is 0.0929. The van der Waals surface area contributed by atoms with Gasteiger partial charge >= 0.3 is 0 Å². The van der Waals surface area contributed by atoms with Crippen molar-refractivity contribution >= 4 is 17.5 Å². The summed E-state index contributed by atoms with van der Waals surface area (Å²) in [5.74, 6) is -0.144. The molecule has 25 heavy (non-hydrogen) atoms. The van der Waals surface area contributed by atoms with Gasteiger partial charge in [-0.3, -0.25) is 4.79 Å². The Balaban J connectivity index is 1.79. The van der Waals surface area contributed by atoms with Gasteiger partial charge < -0.3 is 5.32 Å². The van der Waals surface area contributed by atoms with Crippen molar-refractivity contribution < 1.29 is 9.18 Å². The van der Waals surface area contributed by atoms with Crippen LogP contribution in [-0.2, 0) is 0 Å². The Morgan fingerprint density at radius 3 is 2.64 bits per heavy atom. The van der Waals surface area contributed by atoms with E-state index in [0.717, 1.165) is 5.56 Å². The number of halogens is 2. The number of amides is 1. The smallest absolute Gasteiger partial charge is 0.291 e. The predicted octanol–water partition coefficient (Wildman–Crippen LogP) is 3.86. The maximum Gasteiger partial charge on any atom is 0.291 e. The fourth-order valence-corrected chi connectivity index (χ4v) is 2.63. The summed E-state index contributed by atoms with van der Waals surface area (Å²) in [4.78, 5) is 16.6. The second-order valence-electron chi connectivity index (χ2n) is 5.62. The van der Waals surface area contributed by atoms with Gasteiger partial charge in [0.2, 0.25) is 5.82 Å². The van der Waals surface area contributed by atoms with Gasteiger partial charge in [0.15, 0.2) is 0 Å². The summed E-state index contributed by atoms with van der Waals surface area (Å²) < 4.78 is 14.5. The van der Waals surface area contributed by atoms with Crippen molar-refractivity contribution in [2.24, 2.45) is 0 Å². The second-order valence-corrected chi connectivity index (χ2v) is 6.06. The molecule has 1 N–H and O–H groups in total. The van der Waals surface area contributed by atoms with E-state index in [4.69, 9.17) is 11.6 Å². The fraction of sp³-hybridized carbons (Fsp3) is 0.167. The number of aromatic nitrogens is 3. The average molecular weight is 359 g/mol. The third-order valence-corrected chi connectivity index (χ3v) is 3.97.